The average molecular weight is 844 g/mol. The molecule has 0 aliphatic heterocycles. The maximum absolute atomic E-state index is 13.2. The number of carbonyl (C=O) groups is 2. The Balaban J connectivity index is 4.55. The van der Waals surface area contributed by atoms with Crippen LogP contribution in [-0.4, -0.2) is 46.9 Å². The maximum atomic E-state index is 13.2. The number of nitrogens with one attached hydrogen (secondary N) is 1. The number of carbonyl (C=O) groups excluding carboxylic acids is 2. The highest BCUT2D eigenvalue weighted by molar-refractivity contribution is 5.77. The average Bonchev–Trinajstić information content (AvgIpc) is 3.24. The Morgan fingerprint density at radius 3 is 1.37 bits per heavy atom. The quantitative estimate of drug-likeness (QED) is 0.0322. The first-order valence-corrected chi connectivity index (χ1v) is 26.2. The lowest BCUT2D eigenvalue weighted by atomic mass is 10.0. The van der Waals surface area contributed by atoms with Gasteiger partial charge in [-0.05, 0) is 77.0 Å². The van der Waals surface area contributed by atoms with Gasteiger partial charge in [-0.1, -0.05) is 218 Å². The van der Waals surface area contributed by atoms with E-state index in [-0.39, 0.29) is 24.9 Å². The number of rotatable bonds is 47. The molecule has 0 aromatic rings. The summed E-state index contributed by atoms with van der Waals surface area (Å²) in [4.78, 5) is 26.1. The number of esters is 1. The maximum Gasteiger partial charge on any atom is 0.306 e. The summed E-state index contributed by atoms with van der Waals surface area (Å²) in [6.45, 7) is 6.38. The highest BCUT2D eigenvalue weighted by Gasteiger charge is 2.24. The first kappa shape index (κ1) is 58.1. The lowest BCUT2D eigenvalue weighted by Gasteiger charge is -2.24. The van der Waals surface area contributed by atoms with E-state index < -0.39 is 18.2 Å². The van der Waals surface area contributed by atoms with Crippen molar-refractivity contribution in [2.75, 3.05) is 6.61 Å². The van der Waals surface area contributed by atoms with Crippen LogP contribution in [0.1, 0.15) is 271 Å². The van der Waals surface area contributed by atoms with Gasteiger partial charge in [-0.2, -0.15) is 0 Å². The SMILES string of the molecule is CC/C=C/C/C=C/CCCCCCCC(CC(=O)NC(CO)C(O)CCCCCCCCCCCCCCC)OC(=O)CCCCCCC/C=C/CCCCCCCCC. The molecule has 0 spiro atoms. The fourth-order valence-electron chi connectivity index (χ4n) is 7.99. The zero-order chi connectivity index (χ0) is 43.8. The van der Waals surface area contributed by atoms with Crippen LogP contribution in [0.2, 0.25) is 0 Å². The summed E-state index contributed by atoms with van der Waals surface area (Å²) >= 11 is 0. The molecule has 3 N–H and O–H groups in total. The van der Waals surface area contributed by atoms with Crippen molar-refractivity contribution in [1.82, 2.24) is 5.32 Å². The van der Waals surface area contributed by atoms with Crippen LogP contribution in [0.4, 0.5) is 0 Å². The first-order chi connectivity index (χ1) is 29.5. The smallest absolute Gasteiger partial charge is 0.306 e. The normalized spacial score (nSPS) is 13.5. The summed E-state index contributed by atoms with van der Waals surface area (Å²) in [5.74, 6) is -0.490. The minimum Gasteiger partial charge on any atom is -0.462 e. The summed E-state index contributed by atoms with van der Waals surface area (Å²) in [7, 11) is 0. The Morgan fingerprint density at radius 1 is 0.500 bits per heavy atom. The second kappa shape index (κ2) is 48.1. The van der Waals surface area contributed by atoms with Gasteiger partial charge in [0.05, 0.1) is 25.2 Å². The van der Waals surface area contributed by atoms with E-state index in [1.54, 1.807) is 0 Å². The molecule has 3 unspecified atom stereocenters. The van der Waals surface area contributed by atoms with Crippen molar-refractivity contribution in [3.05, 3.63) is 36.5 Å². The Kier molecular flexibility index (Phi) is 46.6. The van der Waals surface area contributed by atoms with Crippen LogP contribution < -0.4 is 5.32 Å². The van der Waals surface area contributed by atoms with Crippen LogP contribution in [0.15, 0.2) is 36.5 Å². The molecule has 352 valence electrons. The molecule has 6 heteroatoms. The van der Waals surface area contributed by atoms with Crippen LogP contribution in [0, 0.1) is 0 Å². The lowest BCUT2D eigenvalue weighted by molar-refractivity contribution is -0.151. The van der Waals surface area contributed by atoms with E-state index in [0.717, 1.165) is 83.5 Å². The molecule has 0 aromatic carbocycles. The molecule has 0 radical (unpaired) electrons. The van der Waals surface area contributed by atoms with Gasteiger partial charge in [0, 0.05) is 6.42 Å². The topological polar surface area (TPSA) is 95.9 Å². The molecular formula is C54H101NO5. The zero-order valence-electron chi connectivity index (χ0n) is 40.1. The number of ether oxygens (including phenoxy) is 1. The van der Waals surface area contributed by atoms with Crippen molar-refractivity contribution in [3.63, 3.8) is 0 Å². The molecule has 0 aliphatic carbocycles. The predicted octanol–water partition coefficient (Wildman–Crippen LogP) is 15.7. The summed E-state index contributed by atoms with van der Waals surface area (Å²) in [6.07, 6.45) is 56.3. The number of unbranched alkanes of at least 4 members (excludes halogenated alkanes) is 29. The molecule has 0 heterocycles. The highest BCUT2D eigenvalue weighted by atomic mass is 16.5. The van der Waals surface area contributed by atoms with Gasteiger partial charge in [-0.15, -0.1) is 0 Å². The number of hydrogen-bond donors (Lipinski definition) is 3. The second-order valence-corrected chi connectivity index (χ2v) is 17.9. The first-order valence-electron chi connectivity index (χ1n) is 26.2. The van der Waals surface area contributed by atoms with Gasteiger partial charge in [0.2, 0.25) is 5.91 Å². The lowest BCUT2D eigenvalue weighted by Crippen LogP contribution is -2.46. The van der Waals surface area contributed by atoms with Crippen LogP contribution in [0.25, 0.3) is 0 Å². The van der Waals surface area contributed by atoms with Gasteiger partial charge >= 0.3 is 5.97 Å². The molecule has 0 saturated heterocycles. The van der Waals surface area contributed by atoms with Crippen molar-refractivity contribution in [2.45, 2.75) is 289 Å². The van der Waals surface area contributed by atoms with E-state index in [9.17, 15) is 19.8 Å². The molecule has 0 aromatic heterocycles. The minimum absolute atomic E-state index is 0.0669. The second-order valence-electron chi connectivity index (χ2n) is 17.9. The van der Waals surface area contributed by atoms with Crippen molar-refractivity contribution >= 4 is 11.9 Å². The fourth-order valence-corrected chi connectivity index (χ4v) is 7.99. The van der Waals surface area contributed by atoms with Gasteiger partial charge in [0.1, 0.15) is 6.10 Å². The van der Waals surface area contributed by atoms with Crippen LogP contribution in [-0.2, 0) is 14.3 Å². The van der Waals surface area contributed by atoms with Crippen molar-refractivity contribution < 1.29 is 24.5 Å². The van der Waals surface area contributed by atoms with Gasteiger partial charge in [-0.3, -0.25) is 9.59 Å². The molecule has 1 amide bonds. The van der Waals surface area contributed by atoms with Gasteiger partial charge in [-0.25, -0.2) is 0 Å². The Hall–Kier alpha value is -1.92. The third-order valence-corrected chi connectivity index (χ3v) is 12.0. The van der Waals surface area contributed by atoms with Gasteiger partial charge in [0.25, 0.3) is 0 Å². The molecule has 0 saturated carbocycles. The number of aliphatic hydroxyl groups excluding tert-OH is 2. The van der Waals surface area contributed by atoms with E-state index in [0.29, 0.717) is 19.3 Å². The summed E-state index contributed by atoms with van der Waals surface area (Å²) in [5.41, 5.74) is 0. The largest absolute Gasteiger partial charge is 0.462 e. The van der Waals surface area contributed by atoms with Gasteiger partial charge < -0.3 is 20.3 Å². The Morgan fingerprint density at radius 2 is 0.900 bits per heavy atom. The predicted molar refractivity (Wildman–Crippen MR) is 259 cm³/mol. The Labute approximate surface area is 373 Å². The number of hydrogen-bond acceptors (Lipinski definition) is 5. The van der Waals surface area contributed by atoms with E-state index in [4.69, 9.17) is 4.74 Å². The van der Waals surface area contributed by atoms with E-state index in [2.05, 4.69) is 62.5 Å². The van der Waals surface area contributed by atoms with E-state index in [1.165, 1.54) is 141 Å². The third-order valence-electron chi connectivity index (χ3n) is 12.0. The van der Waals surface area contributed by atoms with Gasteiger partial charge in [0.15, 0.2) is 0 Å². The van der Waals surface area contributed by atoms with Crippen LogP contribution >= 0.6 is 0 Å². The summed E-state index contributed by atoms with van der Waals surface area (Å²) in [6, 6.07) is -0.705. The van der Waals surface area contributed by atoms with Crippen LogP contribution in [0.3, 0.4) is 0 Å². The Bertz CT molecular complexity index is 993. The molecular weight excluding hydrogens is 743 g/mol. The third kappa shape index (κ3) is 42.8. The molecule has 3 atom stereocenters. The zero-order valence-corrected chi connectivity index (χ0v) is 40.1. The van der Waals surface area contributed by atoms with Crippen LogP contribution in [0.5, 0.6) is 0 Å². The number of allylic oxidation sites excluding steroid dienone is 6. The minimum atomic E-state index is -0.791. The number of amides is 1. The molecule has 0 bridgehead atoms. The highest BCUT2D eigenvalue weighted by Crippen LogP contribution is 2.18. The molecule has 6 nitrogen and oxygen atoms in total. The summed E-state index contributed by atoms with van der Waals surface area (Å²) in [5, 5.41) is 23.8. The van der Waals surface area contributed by atoms with Crippen molar-refractivity contribution in [1.29, 1.82) is 0 Å². The molecule has 0 rings (SSSR count). The molecule has 0 fully saturated rings. The van der Waals surface area contributed by atoms with Crippen molar-refractivity contribution in [3.8, 4) is 0 Å². The van der Waals surface area contributed by atoms with Crippen molar-refractivity contribution in [2.24, 2.45) is 0 Å². The number of aliphatic hydroxyl groups is 2. The summed E-state index contributed by atoms with van der Waals surface area (Å²) < 4.78 is 5.93. The van der Waals surface area contributed by atoms with E-state index in [1.807, 2.05) is 0 Å². The van der Waals surface area contributed by atoms with E-state index >= 15 is 0 Å². The standard InChI is InChI=1S/C54H101NO5/c1-4-7-10-13-16-19-22-25-26-27-29-32-35-38-41-44-47-54(59)60-50(45-42-39-36-33-30-24-21-18-15-12-9-6-3)48-53(58)55-51(49-56)52(57)46-43-40-37-34-31-28-23-20-17-14-11-8-5-2/h9,12,18,21,26-27,50-52,56-57H,4-8,10-11,13-17,19-20,22-25,28-49H2,1-3H3,(H,55,58)/b12-9+,21-18+,27-26+. The monoisotopic (exact) mass is 844 g/mol. The molecule has 0 aliphatic rings. The molecule has 60 heavy (non-hydrogen) atoms. The fraction of sp³-hybridized carbons (Fsp3) is 0.852.